The number of amides is 1. The first-order valence-electron chi connectivity index (χ1n) is 6.51. The smallest absolute Gasteiger partial charge is 0.320 e. The minimum Gasteiger partial charge on any atom is -0.480 e. The van der Waals surface area contributed by atoms with Crippen molar-refractivity contribution in [2.45, 2.75) is 17.9 Å². The third-order valence-corrected chi connectivity index (χ3v) is 4.00. The molecule has 0 aromatic heterocycles. The summed E-state index contributed by atoms with van der Waals surface area (Å²) < 4.78 is 0. The summed E-state index contributed by atoms with van der Waals surface area (Å²) in [6.07, 6.45) is 1.80. The van der Waals surface area contributed by atoms with E-state index in [1.54, 1.807) is 31.8 Å². The number of likely N-dealkylation sites (N-methyl/N-ethyl adjacent to an activating group) is 1. The molecule has 2 N–H and O–H groups in total. The van der Waals surface area contributed by atoms with E-state index in [0.717, 1.165) is 16.3 Å². The summed E-state index contributed by atoms with van der Waals surface area (Å²) in [7, 11) is 1.61. The molecule has 7 heteroatoms. The fraction of sp³-hybridized carbons (Fsp3) is 0.333. The Bertz CT molecular complexity index is 525. The average molecular weight is 345 g/mol. The van der Waals surface area contributed by atoms with Crippen molar-refractivity contribution in [2.24, 2.45) is 0 Å². The van der Waals surface area contributed by atoms with E-state index in [1.807, 2.05) is 24.3 Å². The standard InChI is InChI=1S/C15H20N2O3S.ClH/c1-4-9-21-13-8-6-5-7-12(13)16-14(18)10-17(3)11(2)15(19)20;/h4-8,11H,1,9-10H2,2-3H3,(H,16,18)(H,19,20);1H. The molecule has 0 fully saturated rings. The number of nitrogens with zero attached hydrogens (tertiary/aromatic N) is 1. The van der Waals surface area contributed by atoms with Gasteiger partial charge in [-0.25, -0.2) is 0 Å². The lowest BCUT2D eigenvalue weighted by atomic mass is 10.3. The molecule has 0 radical (unpaired) electrons. The van der Waals surface area contributed by atoms with Gasteiger partial charge in [-0.2, -0.15) is 0 Å². The Morgan fingerprint density at radius 1 is 1.45 bits per heavy atom. The summed E-state index contributed by atoms with van der Waals surface area (Å²) in [4.78, 5) is 25.3. The Morgan fingerprint density at radius 3 is 2.68 bits per heavy atom. The van der Waals surface area contributed by atoms with Crippen LogP contribution in [0.5, 0.6) is 0 Å². The molecule has 0 heterocycles. The minimum atomic E-state index is -0.952. The third kappa shape index (κ3) is 6.51. The lowest BCUT2D eigenvalue weighted by molar-refractivity contribution is -0.142. The van der Waals surface area contributed by atoms with Crippen LogP contribution in [0.4, 0.5) is 5.69 Å². The Labute approximate surface area is 141 Å². The Kier molecular flexibility index (Phi) is 9.56. The van der Waals surface area contributed by atoms with Gasteiger partial charge in [-0.05, 0) is 26.1 Å². The summed E-state index contributed by atoms with van der Waals surface area (Å²) in [5.41, 5.74) is 0.728. The maximum absolute atomic E-state index is 12.0. The van der Waals surface area contributed by atoms with Crippen molar-refractivity contribution < 1.29 is 14.7 Å². The van der Waals surface area contributed by atoms with Crippen LogP contribution in [0, 0.1) is 0 Å². The highest BCUT2D eigenvalue weighted by molar-refractivity contribution is 7.99. The molecule has 1 atom stereocenters. The second-order valence-electron chi connectivity index (χ2n) is 4.57. The molecule has 0 spiro atoms. The molecule has 5 nitrogen and oxygen atoms in total. The maximum Gasteiger partial charge on any atom is 0.320 e. The van der Waals surface area contributed by atoms with E-state index in [2.05, 4.69) is 11.9 Å². The summed E-state index contributed by atoms with van der Waals surface area (Å²) in [6, 6.07) is 6.79. The summed E-state index contributed by atoms with van der Waals surface area (Å²) >= 11 is 1.58. The first kappa shape index (κ1) is 20.5. The fourth-order valence-corrected chi connectivity index (χ4v) is 2.33. The number of thioether (sulfide) groups is 1. The zero-order valence-electron chi connectivity index (χ0n) is 12.6. The highest BCUT2D eigenvalue weighted by Gasteiger charge is 2.19. The van der Waals surface area contributed by atoms with Gasteiger partial charge in [0.25, 0.3) is 0 Å². The Morgan fingerprint density at radius 2 is 2.09 bits per heavy atom. The van der Waals surface area contributed by atoms with Crippen molar-refractivity contribution in [3.05, 3.63) is 36.9 Å². The molecular formula is C15H21ClN2O3S. The van der Waals surface area contributed by atoms with Crippen LogP contribution < -0.4 is 5.32 Å². The van der Waals surface area contributed by atoms with Crippen molar-refractivity contribution in [1.29, 1.82) is 0 Å². The highest BCUT2D eigenvalue weighted by Crippen LogP contribution is 2.26. The number of carboxylic acids is 1. The number of hydrogen-bond acceptors (Lipinski definition) is 4. The first-order chi connectivity index (χ1) is 9.95. The van der Waals surface area contributed by atoms with Crippen LogP contribution in [0.15, 0.2) is 41.8 Å². The van der Waals surface area contributed by atoms with Crippen molar-refractivity contribution in [3.63, 3.8) is 0 Å². The van der Waals surface area contributed by atoms with Gasteiger partial charge < -0.3 is 10.4 Å². The zero-order chi connectivity index (χ0) is 15.8. The normalized spacial score (nSPS) is 11.4. The van der Waals surface area contributed by atoms with E-state index in [9.17, 15) is 9.59 Å². The van der Waals surface area contributed by atoms with Gasteiger partial charge in [0.15, 0.2) is 0 Å². The Balaban J connectivity index is 0.00000441. The average Bonchev–Trinajstić information content (AvgIpc) is 2.45. The number of aliphatic carboxylic acids is 1. The van der Waals surface area contributed by atoms with Crippen LogP contribution in [0.3, 0.4) is 0 Å². The largest absolute Gasteiger partial charge is 0.480 e. The molecule has 22 heavy (non-hydrogen) atoms. The van der Waals surface area contributed by atoms with E-state index in [4.69, 9.17) is 5.11 Å². The molecule has 0 saturated carbocycles. The van der Waals surface area contributed by atoms with Crippen molar-refractivity contribution in [1.82, 2.24) is 4.90 Å². The van der Waals surface area contributed by atoms with Crippen molar-refractivity contribution in [3.8, 4) is 0 Å². The number of carboxylic acid groups (broad SMARTS) is 1. The van der Waals surface area contributed by atoms with Crippen LogP contribution >= 0.6 is 24.2 Å². The van der Waals surface area contributed by atoms with E-state index in [0.29, 0.717) is 0 Å². The minimum absolute atomic E-state index is 0. The number of hydrogen-bond donors (Lipinski definition) is 2. The van der Waals surface area contributed by atoms with E-state index in [1.165, 1.54) is 4.90 Å². The lowest BCUT2D eigenvalue weighted by Gasteiger charge is -2.20. The van der Waals surface area contributed by atoms with Crippen LogP contribution in [-0.2, 0) is 9.59 Å². The van der Waals surface area contributed by atoms with Crippen LogP contribution in [0.25, 0.3) is 0 Å². The van der Waals surface area contributed by atoms with Gasteiger partial charge >= 0.3 is 5.97 Å². The molecule has 0 aliphatic rings. The molecule has 1 unspecified atom stereocenters. The van der Waals surface area contributed by atoms with Crippen LogP contribution in [-0.4, -0.2) is 47.3 Å². The van der Waals surface area contributed by atoms with E-state index in [-0.39, 0.29) is 24.9 Å². The highest BCUT2D eigenvalue weighted by atomic mass is 35.5. The molecule has 122 valence electrons. The predicted molar refractivity (Wildman–Crippen MR) is 93.0 cm³/mol. The molecule has 1 aromatic carbocycles. The summed E-state index contributed by atoms with van der Waals surface area (Å²) in [5.74, 6) is -0.437. The summed E-state index contributed by atoms with van der Waals surface area (Å²) in [6.45, 7) is 5.24. The molecule has 1 amide bonds. The fourth-order valence-electron chi connectivity index (χ4n) is 1.59. The number of halogens is 1. The number of carbonyl (C=O) groups excluding carboxylic acids is 1. The molecular weight excluding hydrogens is 324 g/mol. The predicted octanol–water partition coefficient (Wildman–Crippen LogP) is 2.73. The second kappa shape index (κ2) is 10.3. The number of carbonyl (C=O) groups is 2. The van der Waals surface area contributed by atoms with Gasteiger partial charge in [0.1, 0.15) is 6.04 Å². The second-order valence-corrected chi connectivity index (χ2v) is 5.64. The zero-order valence-corrected chi connectivity index (χ0v) is 14.2. The van der Waals surface area contributed by atoms with E-state index >= 15 is 0 Å². The lowest BCUT2D eigenvalue weighted by Crippen LogP contribution is -2.40. The molecule has 0 aliphatic heterocycles. The topological polar surface area (TPSA) is 69.6 Å². The van der Waals surface area contributed by atoms with Crippen molar-refractivity contribution >= 4 is 41.7 Å². The third-order valence-electron chi connectivity index (χ3n) is 2.93. The number of para-hydroxylation sites is 1. The van der Waals surface area contributed by atoms with Gasteiger partial charge in [0.05, 0.1) is 12.2 Å². The summed E-state index contributed by atoms with van der Waals surface area (Å²) in [5, 5.41) is 11.7. The number of nitrogens with one attached hydrogen (secondary N) is 1. The maximum atomic E-state index is 12.0. The molecule has 0 saturated heterocycles. The van der Waals surface area contributed by atoms with Gasteiger partial charge in [0, 0.05) is 10.6 Å². The first-order valence-corrected chi connectivity index (χ1v) is 7.50. The number of rotatable bonds is 8. The van der Waals surface area contributed by atoms with Crippen LogP contribution in [0.2, 0.25) is 0 Å². The molecule has 1 rings (SSSR count). The monoisotopic (exact) mass is 344 g/mol. The molecule has 0 aliphatic carbocycles. The van der Waals surface area contributed by atoms with Gasteiger partial charge in [-0.1, -0.05) is 18.2 Å². The number of benzene rings is 1. The number of anilines is 1. The van der Waals surface area contributed by atoms with Gasteiger partial charge in [0.2, 0.25) is 5.91 Å². The molecule has 0 bridgehead atoms. The Hall–Kier alpha value is -1.50. The quantitative estimate of drug-likeness (QED) is 0.560. The van der Waals surface area contributed by atoms with E-state index < -0.39 is 12.0 Å². The van der Waals surface area contributed by atoms with Gasteiger partial charge in [-0.15, -0.1) is 30.7 Å². The molecule has 1 aromatic rings. The van der Waals surface area contributed by atoms with Crippen molar-refractivity contribution in [2.75, 3.05) is 24.7 Å². The SMILES string of the molecule is C=CCSc1ccccc1NC(=O)CN(C)C(C)C(=O)O.Cl. The van der Waals surface area contributed by atoms with Gasteiger partial charge in [-0.3, -0.25) is 14.5 Å². The van der Waals surface area contributed by atoms with Crippen LogP contribution in [0.1, 0.15) is 6.92 Å².